The first-order valence-corrected chi connectivity index (χ1v) is 9.01. The average molecular weight is 386 g/mol. The van der Waals surface area contributed by atoms with Crippen molar-refractivity contribution in [3.63, 3.8) is 0 Å². The fraction of sp³-hybridized carbons (Fsp3) is 0.0952. The van der Waals surface area contributed by atoms with Crippen LogP contribution in [0.3, 0.4) is 0 Å². The molecule has 0 aliphatic heterocycles. The van der Waals surface area contributed by atoms with E-state index in [2.05, 4.69) is 20.3 Å². The molecule has 5 aromatic rings. The smallest absolute Gasteiger partial charge is 0.180 e. The van der Waals surface area contributed by atoms with Gasteiger partial charge in [-0.1, -0.05) is 0 Å². The van der Waals surface area contributed by atoms with Crippen LogP contribution in [-0.2, 0) is 0 Å². The highest BCUT2D eigenvalue weighted by atomic mass is 16.5. The molecule has 1 aromatic carbocycles. The summed E-state index contributed by atoms with van der Waals surface area (Å²) in [4.78, 5) is 16.9. The molecule has 2 N–H and O–H groups in total. The van der Waals surface area contributed by atoms with Crippen molar-refractivity contribution < 1.29 is 9.47 Å². The van der Waals surface area contributed by atoms with Crippen LogP contribution in [0, 0.1) is 0 Å². The highest BCUT2D eigenvalue weighted by molar-refractivity contribution is 5.81. The number of nitrogens with one attached hydrogen (secondary N) is 2. The molecule has 0 aliphatic carbocycles. The van der Waals surface area contributed by atoms with Gasteiger partial charge in [-0.3, -0.25) is 4.98 Å². The molecule has 0 aliphatic rings. The number of aromatic nitrogens is 5. The lowest BCUT2D eigenvalue weighted by molar-refractivity contribution is 0.355. The normalized spacial score (nSPS) is 11.1. The van der Waals surface area contributed by atoms with Gasteiger partial charge in [-0.2, -0.15) is 0 Å². The lowest BCUT2D eigenvalue weighted by atomic mass is 10.2. The van der Waals surface area contributed by atoms with Gasteiger partial charge < -0.3 is 24.2 Å². The lowest BCUT2D eigenvalue weighted by Gasteiger charge is -2.12. The molecule has 0 amide bonds. The number of methoxy groups -OCH3 is 2. The van der Waals surface area contributed by atoms with Crippen LogP contribution in [0.5, 0.6) is 11.5 Å². The number of hydrogen-bond acceptors (Lipinski definition) is 6. The summed E-state index contributed by atoms with van der Waals surface area (Å²) in [5, 5.41) is 3.34. The van der Waals surface area contributed by atoms with Gasteiger partial charge in [0.15, 0.2) is 23.0 Å². The van der Waals surface area contributed by atoms with Crippen LogP contribution in [0.1, 0.15) is 0 Å². The van der Waals surface area contributed by atoms with Crippen molar-refractivity contribution in [2.45, 2.75) is 0 Å². The lowest BCUT2D eigenvalue weighted by Crippen LogP contribution is -2.01. The zero-order valence-electron chi connectivity index (χ0n) is 15.9. The number of anilines is 2. The van der Waals surface area contributed by atoms with E-state index in [0.717, 1.165) is 33.6 Å². The van der Waals surface area contributed by atoms with Gasteiger partial charge in [0, 0.05) is 48.3 Å². The maximum atomic E-state index is 5.40. The highest BCUT2D eigenvalue weighted by Crippen LogP contribution is 2.32. The van der Waals surface area contributed by atoms with Crippen molar-refractivity contribution in [2.75, 3.05) is 19.5 Å². The number of benzene rings is 1. The summed E-state index contributed by atoms with van der Waals surface area (Å²) in [5.41, 5.74) is 5.10. The van der Waals surface area contributed by atoms with Gasteiger partial charge in [-0.25, -0.2) is 9.97 Å². The van der Waals surface area contributed by atoms with Gasteiger partial charge in [-0.05, 0) is 24.3 Å². The van der Waals surface area contributed by atoms with E-state index >= 15 is 0 Å². The van der Waals surface area contributed by atoms with Crippen LogP contribution in [0.25, 0.3) is 27.9 Å². The predicted molar refractivity (Wildman–Crippen MR) is 111 cm³/mol. The van der Waals surface area contributed by atoms with Crippen LogP contribution >= 0.6 is 0 Å². The highest BCUT2D eigenvalue weighted by Gasteiger charge is 2.12. The molecule has 0 spiro atoms. The second-order valence-electron chi connectivity index (χ2n) is 6.46. The van der Waals surface area contributed by atoms with Crippen molar-refractivity contribution in [3.05, 3.63) is 61.3 Å². The minimum atomic E-state index is 0.631. The standard InChI is InChI=1S/C21H18N6O2/c1-28-18-4-3-14(10-19(18)29-2)25-20-21-23-7-8-27(21)12-17(26-20)13-9-16-15(24-11-13)5-6-22-16/h3-12,22H,1-2H3,(H,25,26). The Kier molecular flexibility index (Phi) is 4.02. The molecule has 144 valence electrons. The Hall–Kier alpha value is -4.07. The Balaban J connectivity index is 1.59. The molecule has 8 nitrogen and oxygen atoms in total. The first kappa shape index (κ1) is 17.1. The number of aromatic amines is 1. The molecule has 5 rings (SSSR count). The molecule has 0 bridgehead atoms. The largest absolute Gasteiger partial charge is 0.493 e. The summed E-state index contributed by atoms with van der Waals surface area (Å²) in [6.45, 7) is 0. The van der Waals surface area contributed by atoms with Crippen molar-refractivity contribution in [1.82, 2.24) is 24.3 Å². The van der Waals surface area contributed by atoms with E-state index < -0.39 is 0 Å². The number of hydrogen-bond donors (Lipinski definition) is 2. The number of rotatable bonds is 5. The molecule has 29 heavy (non-hydrogen) atoms. The molecular weight excluding hydrogens is 368 g/mol. The SMILES string of the molecule is COc1ccc(Nc2nc(-c3cnc4cc[nH]c4c3)cn3ccnc23)cc1OC. The Morgan fingerprint density at radius 1 is 1.03 bits per heavy atom. The first-order chi connectivity index (χ1) is 14.2. The van der Waals surface area contributed by atoms with Crippen LogP contribution in [0.15, 0.2) is 61.3 Å². The molecule has 0 saturated carbocycles. The minimum Gasteiger partial charge on any atom is -0.493 e. The summed E-state index contributed by atoms with van der Waals surface area (Å²) in [6.07, 6.45) is 9.27. The predicted octanol–water partition coefficient (Wildman–Crippen LogP) is 4.03. The molecule has 4 aromatic heterocycles. The molecule has 0 atom stereocenters. The Labute approximate surface area is 166 Å². The monoisotopic (exact) mass is 386 g/mol. The molecule has 0 fully saturated rings. The van der Waals surface area contributed by atoms with Gasteiger partial charge in [-0.15, -0.1) is 0 Å². The summed E-state index contributed by atoms with van der Waals surface area (Å²) in [5.74, 6) is 1.93. The van der Waals surface area contributed by atoms with E-state index in [1.54, 1.807) is 20.4 Å². The molecule has 0 unspecified atom stereocenters. The van der Waals surface area contributed by atoms with Crippen LogP contribution < -0.4 is 14.8 Å². The summed E-state index contributed by atoms with van der Waals surface area (Å²) < 4.78 is 12.6. The molecule has 4 heterocycles. The van der Waals surface area contributed by atoms with Gasteiger partial charge in [0.1, 0.15) is 0 Å². The van der Waals surface area contributed by atoms with Gasteiger partial charge in [0.05, 0.1) is 30.9 Å². The van der Waals surface area contributed by atoms with E-state index in [4.69, 9.17) is 14.5 Å². The Bertz CT molecular complexity index is 1320. The fourth-order valence-corrected chi connectivity index (χ4v) is 3.28. The molecule has 0 radical (unpaired) electrons. The summed E-state index contributed by atoms with van der Waals surface area (Å²) in [6, 6.07) is 9.58. The maximum absolute atomic E-state index is 5.40. The number of pyridine rings is 1. The topological polar surface area (TPSA) is 89.4 Å². The number of imidazole rings is 1. The average Bonchev–Trinajstić information content (AvgIpc) is 3.42. The summed E-state index contributed by atoms with van der Waals surface area (Å²) in [7, 11) is 3.22. The number of ether oxygens (including phenoxy) is 2. The van der Waals surface area contributed by atoms with Gasteiger partial charge in [0.2, 0.25) is 0 Å². The number of H-pyrrole nitrogens is 1. The third kappa shape index (κ3) is 3.00. The maximum Gasteiger partial charge on any atom is 0.180 e. The van der Waals surface area contributed by atoms with E-state index in [1.807, 2.05) is 59.5 Å². The second-order valence-corrected chi connectivity index (χ2v) is 6.46. The van der Waals surface area contributed by atoms with Gasteiger partial charge in [0.25, 0.3) is 0 Å². The first-order valence-electron chi connectivity index (χ1n) is 9.01. The molecular formula is C21H18N6O2. The Morgan fingerprint density at radius 3 is 2.79 bits per heavy atom. The van der Waals surface area contributed by atoms with Crippen molar-refractivity contribution in [1.29, 1.82) is 0 Å². The van der Waals surface area contributed by atoms with Crippen molar-refractivity contribution in [3.8, 4) is 22.8 Å². The second kappa shape index (κ2) is 6.83. The third-order valence-corrected chi connectivity index (χ3v) is 4.71. The number of nitrogens with zero attached hydrogens (tertiary/aromatic N) is 4. The Morgan fingerprint density at radius 2 is 1.93 bits per heavy atom. The van der Waals surface area contributed by atoms with Crippen LogP contribution in [0.2, 0.25) is 0 Å². The minimum absolute atomic E-state index is 0.631. The van der Waals surface area contributed by atoms with E-state index in [1.165, 1.54) is 0 Å². The van der Waals surface area contributed by atoms with Crippen molar-refractivity contribution >= 4 is 28.2 Å². The third-order valence-electron chi connectivity index (χ3n) is 4.71. The van der Waals surface area contributed by atoms with Crippen LogP contribution in [-0.4, -0.2) is 38.6 Å². The van der Waals surface area contributed by atoms with E-state index in [-0.39, 0.29) is 0 Å². The molecule has 0 saturated heterocycles. The quantitative estimate of drug-likeness (QED) is 0.474. The fourth-order valence-electron chi connectivity index (χ4n) is 3.28. The summed E-state index contributed by atoms with van der Waals surface area (Å²) >= 11 is 0. The molecule has 8 heteroatoms. The van der Waals surface area contributed by atoms with E-state index in [9.17, 15) is 0 Å². The van der Waals surface area contributed by atoms with Crippen LogP contribution in [0.4, 0.5) is 11.5 Å². The zero-order chi connectivity index (χ0) is 19.8. The zero-order valence-corrected chi connectivity index (χ0v) is 15.9. The number of fused-ring (bicyclic) bond motifs is 2. The van der Waals surface area contributed by atoms with Crippen molar-refractivity contribution in [2.24, 2.45) is 0 Å². The van der Waals surface area contributed by atoms with Gasteiger partial charge >= 0.3 is 0 Å². The van der Waals surface area contributed by atoms with E-state index in [0.29, 0.717) is 17.3 Å².